The van der Waals surface area contributed by atoms with Crippen molar-refractivity contribution in [2.75, 3.05) is 13.2 Å². The van der Waals surface area contributed by atoms with E-state index in [1.54, 1.807) is 13.8 Å². The van der Waals surface area contributed by atoms with Crippen LogP contribution >= 0.6 is 0 Å². The maximum Gasteiger partial charge on any atom is 0.407 e. The molecule has 0 bridgehead atoms. The minimum atomic E-state index is -1.08. The Bertz CT molecular complexity index is 1330. The normalized spacial score (nSPS) is 12.6. The monoisotopic (exact) mass is 558 g/mol. The van der Waals surface area contributed by atoms with Crippen molar-refractivity contribution in [1.29, 1.82) is 0 Å². The van der Waals surface area contributed by atoms with Gasteiger partial charge in [-0.25, -0.2) is 9.59 Å². The first-order valence-corrected chi connectivity index (χ1v) is 13.6. The van der Waals surface area contributed by atoms with Crippen LogP contribution in [0.2, 0.25) is 0 Å². The Morgan fingerprint density at radius 3 is 2.05 bits per heavy atom. The Labute approximate surface area is 239 Å². The first kappa shape index (κ1) is 29.3. The number of esters is 2. The van der Waals surface area contributed by atoms with Gasteiger partial charge in [-0.3, -0.25) is 9.59 Å². The molecular weight excluding hydrogens is 524 g/mol. The van der Waals surface area contributed by atoms with Crippen LogP contribution < -0.4 is 10.6 Å². The third-order valence-electron chi connectivity index (χ3n) is 6.59. The van der Waals surface area contributed by atoms with Crippen LogP contribution in [0.5, 0.6) is 0 Å². The largest absolute Gasteiger partial charge is 0.461 e. The quantitative estimate of drug-likeness (QED) is 0.248. The van der Waals surface area contributed by atoms with Gasteiger partial charge in [0.05, 0.1) is 6.10 Å². The number of carbonyl (C=O) groups is 4. The fourth-order valence-electron chi connectivity index (χ4n) is 4.68. The SMILES string of the molecule is CC(C)OC(=O)C(CCC(=O)OCc1ccccc1)NC(=O)CNC(=O)OCC1c2ccccc2-c2ccccc21. The number of ether oxygens (including phenoxy) is 3. The molecule has 0 radical (unpaired) electrons. The number of rotatable bonds is 12. The third-order valence-corrected chi connectivity index (χ3v) is 6.59. The average molecular weight is 559 g/mol. The molecular formula is C32H34N2O7. The van der Waals surface area contributed by atoms with Crippen molar-refractivity contribution in [1.82, 2.24) is 10.6 Å². The Balaban J connectivity index is 1.25. The van der Waals surface area contributed by atoms with Crippen LogP contribution in [0.1, 0.15) is 49.3 Å². The van der Waals surface area contributed by atoms with Crippen molar-refractivity contribution in [2.24, 2.45) is 0 Å². The molecule has 1 unspecified atom stereocenters. The molecule has 9 nitrogen and oxygen atoms in total. The van der Waals surface area contributed by atoms with Gasteiger partial charge >= 0.3 is 18.0 Å². The van der Waals surface area contributed by atoms with Crippen molar-refractivity contribution in [2.45, 2.75) is 51.4 Å². The van der Waals surface area contributed by atoms with Crippen LogP contribution in [0.15, 0.2) is 78.9 Å². The summed E-state index contributed by atoms with van der Waals surface area (Å²) in [6, 6.07) is 24.1. The molecule has 0 heterocycles. The highest BCUT2D eigenvalue weighted by atomic mass is 16.6. The fourth-order valence-corrected chi connectivity index (χ4v) is 4.68. The molecule has 1 atom stereocenters. The predicted octanol–water partition coefficient (Wildman–Crippen LogP) is 4.49. The van der Waals surface area contributed by atoms with E-state index in [1.165, 1.54) is 0 Å². The van der Waals surface area contributed by atoms with Crippen LogP contribution in [-0.2, 0) is 35.2 Å². The number of benzene rings is 3. The topological polar surface area (TPSA) is 120 Å². The van der Waals surface area contributed by atoms with E-state index in [4.69, 9.17) is 14.2 Å². The van der Waals surface area contributed by atoms with Crippen molar-refractivity contribution in [3.05, 3.63) is 95.6 Å². The van der Waals surface area contributed by atoms with Crippen LogP contribution in [-0.4, -0.2) is 49.2 Å². The average Bonchev–Trinajstić information content (AvgIpc) is 3.29. The molecule has 9 heteroatoms. The number of carbonyl (C=O) groups excluding carboxylic acids is 4. The molecule has 0 saturated heterocycles. The molecule has 2 N–H and O–H groups in total. The summed E-state index contributed by atoms with van der Waals surface area (Å²) in [4.78, 5) is 49.8. The highest BCUT2D eigenvalue weighted by Gasteiger charge is 2.29. The summed E-state index contributed by atoms with van der Waals surface area (Å²) < 4.78 is 15.9. The second-order valence-corrected chi connectivity index (χ2v) is 9.97. The summed E-state index contributed by atoms with van der Waals surface area (Å²) in [7, 11) is 0. The fraction of sp³-hybridized carbons (Fsp3) is 0.312. The third kappa shape index (κ3) is 8.17. The van der Waals surface area contributed by atoms with Crippen LogP contribution in [0.25, 0.3) is 11.1 Å². The van der Waals surface area contributed by atoms with Gasteiger partial charge in [0.1, 0.15) is 25.8 Å². The van der Waals surface area contributed by atoms with Gasteiger partial charge in [0, 0.05) is 12.3 Å². The molecule has 2 amide bonds. The number of nitrogens with one attached hydrogen (secondary N) is 2. The molecule has 1 aliphatic rings. The smallest absolute Gasteiger partial charge is 0.407 e. The molecule has 4 rings (SSSR count). The molecule has 0 fully saturated rings. The molecule has 3 aromatic rings. The van der Waals surface area contributed by atoms with Gasteiger partial charge in [-0.05, 0) is 48.1 Å². The standard InChI is InChI=1S/C32H34N2O7/c1-21(2)41-31(37)28(16-17-30(36)39-19-22-10-4-3-5-11-22)34-29(35)18-33-32(38)40-20-27-25-14-8-6-12-23(25)24-13-7-9-15-26(24)27/h3-15,21,27-28H,16-20H2,1-2H3,(H,33,38)(H,34,35). The van der Waals surface area contributed by atoms with Crippen molar-refractivity contribution in [3.8, 4) is 11.1 Å². The highest BCUT2D eigenvalue weighted by Crippen LogP contribution is 2.44. The number of alkyl carbamates (subject to hydrolysis) is 1. The van der Waals surface area contributed by atoms with E-state index in [1.807, 2.05) is 78.9 Å². The summed E-state index contributed by atoms with van der Waals surface area (Å²) in [5.41, 5.74) is 5.21. The molecule has 3 aromatic carbocycles. The van der Waals surface area contributed by atoms with Gasteiger partial charge < -0.3 is 24.8 Å². The van der Waals surface area contributed by atoms with Crippen molar-refractivity contribution >= 4 is 23.9 Å². The lowest BCUT2D eigenvalue weighted by atomic mass is 9.98. The predicted molar refractivity (Wildman–Crippen MR) is 152 cm³/mol. The minimum absolute atomic E-state index is 0.0180. The molecule has 41 heavy (non-hydrogen) atoms. The zero-order valence-electron chi connectivity index (χ0n) is 23.1. The zero-order chi connectivity index (χ0) is 29.2. The van der Waals surface area contributed by atoms with E-state index in [-0.39, 0.29) is 32.0 Å². The Hall–Kier alpha value is -4.66. The van der Waals surface area contributed by atoms with E-state index >= 15 is 0 Å². The zero-order valence-corrected chi connectivity index (χ0v) is 23.1. The molecule has 0 aromatic heterocycles. The Morgan fingerprint density at radius 2 is 1.41 bits per heavy atom. The summed E-state index contributed by atoms with van der Waals surface area (Å²) in [5.74, 6) is -1.92. The first-order chi connectivity index (χ1) is 19.8. The van der Waals surface area contributed by atoms with E-state index in [2.05, 4.69) is 10.6 Å². The lowest BCUT2D eigenvalue weighted by Gasteiger charge is -2.19. The molecule has 0 saturated carbocycles. The van der Waals surface area contributed by atoms with E-state index in [0.717, 1.165) is 27.8 Å². The second kappa shape index (κ2) is 14.1. The van der Waals surface area contributed by atoms with Gasteiger partial charge in [-0.1, -0.05) is 78.9 Å². The second-order valence-electron chi connectivity index (χ2n) is 9.97. The van der Waals surface area contributed by atoms with Crippen molar-refractivity contribution in [3.63, 3.8) is 0 Å². The van der Waals surface area contributed by atoms with E-state index in [9.17, 15) is 19.2 Å². The lowest BCUT2D eigenvalue weighted by Crippen LogP contribution is -2.47. The molecule has 214 valence electrons. The Morgan fingerprint density at radius 1 is 0.805 bits per heavy atom. The maximum atomic E-state index is 12.6. The van der Waals surface area contributed by atoms with Crippen LogP contribution in [0.4, 0.5) is 4.79 Å². The summed E-state index contributed by atoms with van der Waals surface area (Å²) in [6.45, 7) is 3.17. The van der Waals surface area contributed by atoms with Gasteiger partial charge in [0.25, 0.3) is 0 Å². The summed E-state index contributed by atoms with van der Waals surface area (Å²) in [6.07, 6.45) is -1.29. The molecule has 1 aliphatic carbocycles. The first-order valence-electron chi connectivity index (χ1n) is 13.6. The Kier molecular flexibility index (Phi) is 10.1. The van der Waals surface area contributed by atoms with Crippen LogP contribution in [0, 0.1) is 0 Å². The summed E-state index contributed by atoms with van der Waals surface area (Å²) in [5, 5.41) is 4.96. The molecule has 0 aliphatic heterocycles. The van der Waals surface area contributed by atoms with Gasteiger partial charge in [0.15, 0.2) is 0 Å². The molecule has 0 spiro atoms. The van der Waals surface area contributed by atoms with E-state index in [0.29, 0.717) is 0 Å². The highest BCUT2D eigenvalue weighted by molar-refractivity contribution is 5.87. The van der Waals surface area contributed by atoms with Gasteiger partial charge in [-0.15, -0.1) is 0 Å². The number of hydrogen-bond acceptors (Lipinski definition) is 7. The number of fused-ring (bicyclic) bond motifs is 3. The van der Waals surface area contributed by atoms with Crippen LogP contribution in [0.3, 0.4) is 0 Å². The number of amides is 2. The maximum absolute atomic E-state index is 12.6. The minimum Gasteiger partial charge on any atom is -0.461 e. The van der Waals surface area contributed by atoms with Gasteiger partial charge in [0.2, 0.25) is 5.91 Å². The summed E-state index contributed by atoms with van der Waals surface area (Å²) >= 11 is 0. The number of hydrogen-bond donors (Lipinski definition) is 2. The van der Waals surface area contributed by atoms with Crippen molar-refractivity contribution < 1.29 is 33.4 Å². The van der Waals surface area contributed by atoms with Gasteiger partial charge in [-0.2, -0.15) is 0 Å². The van der Waals surface area contributed by atoms with E-state index < -0.39 is 42.6 Å². The lowest BCUT2D eigenvalue weighted by molar-refractivity contribution is -0.152.